The summed E-state index contributed by atoms with van der Waals surface area (Å²) in [5, 5.41) is 16.3. The number of nitrogens with two attached hydrogens (primary N) is 1. The van der Waals surface area contributed by atoms with E-state index < -0.39 is 17.6 Å². The van der Waals surface area contributed by atoms with Crippen molar-refractivity contribution in [2.24, 2.45) is 5.73 Å². The van der Waals surface area contributed by atoms with Crippen molar-refractivity contribution in [3.63, 3.8) is 0 Å². The second-order valence-corrected chi connectivity index (χ2v) is 4.79. The molecule has 1 saturated carbocycles. The van der Waals surface area contributed by atoms with Crippen LogP contribution in [0.2, 0.25) is 0 Å². The third kappa shape index (κ3) is 3.04. The number of aliphatic hydroxyl groups is 1. The number of hydrogen-bond acceptors (Lipinski definition) is 3. The van der Waals surface area contributed by atoms with Crippen LogP contribution in [-0.2, 0) is 6.18 Å². The molecule has 1 aliphatic rings. The Balaban J connectivity index is 2.43. The summed E-state index contributed by atoms with van der Waals surface area (Å²) in [5.41, 5.74) is 4.37. The van der Waals surface area contributed by atoms with Crippen LogP contribution < -0.4 is 10.6 Å². The van der Waals surface area contributed by atoms with Gasteiger partial charge in [0.1, 0.15) is 5.84 Å². The summed E-state index contributed by atoms with van der Waals surface area (Å²) in [4.78, 5) is 1.76. The molecule has 2 rings (SSSR count). The Morgan fingerprint density at radius 3 is 2.50 bits per heavy atom. The lowest BCUT2D eigenvalue weighted by Gasteiger charge is -2.25. The lowest BCUT2D eigenvalue weighted by Crippen LogP contribution is -2.29. The Bertz CT molecular complexity index is 512. The van der Waals surface area contributed by atoms with Crippen LogP contribution in [0.5, 0.6) is 0 Å². The minimum Gasteiger partial charge on any atom is -0.395 e. The summed E-state index contributed by atoms with van der Waals surface area (Å²) in [6, 6.07) is 3.92. The van der Waals surface area contributed by atoms with Crippen LogP contribution in [0.25, 0.3) is 0 Å². The Morgan fingerprint density at radius 1 is 1.40 bits per heavy atom. The van der Waals surface area contributed by atoms with Gasteiger partial charge in [-0.1, -0.05) is 0 Å². The average Bonchev–Trinajstić information content (AvgIpc) is 3.18. The highest BCUT2D eigenvalue weighted by Gasteiger charge is 2.36. The Labute approximate surface area is 114 Å². The third-order valence-corrected chi connectivity index (χ3v) is 3.26. The van der Waals surface area contributed by atoms with Gasteiger partial charge in [0.25, 0.3) is 0 Å². The zero-order chi connectivity index (χ0) is 14.9. The van der Waals surface area contributed by atoms with Crippen molar-refractivity contribution in [1.82, 2.24) is 0 Å². The monoisotopic (exact) mass is 287 g/mol. The van der Waals surface area contributed by atoms with Crippen LogP contribution in [0, 0.1) is 5.41 Å². The van der Waals surface area contributed by atoms with Gasteiger partial charge in [0, 0.05) is 23.8 Å². The SMILES string of the molecule is N=C(N)c1ccc(N(CCO)C2CC2)cc1C(F)(F)F. The van der Waals surface area contributed by atoms with Gasteiger partial charge in [0.15, 0.2) is 0 Å². The largest absolute Gasteiger partial charge is 0.417 e. The van der Waals surface area contributed by atoms with E-state index in [2.05, 4.69) is 0 Å². The maximum absolute atomic E-state index is 13.0. The number of nitrogens with one attached hydrogen (secondary N) is 1. The van der Waals surface area contributed by atoms with Crippen molar-refractivity contribution in [1.29, 1.82) is 5.41 Å². The van der Waals surface area contributed by atoms with E-state index in [1.54, 1.807) is 4.90 Å². The fraction of sp³-hybridized carbons (Fsp3) is 0.462. The number of benzene rings is 1. The summed E-state index contributed by atoms with van der Waals surface area (Å²) >= 11 is 0. The normalized spacial score (nSPS) is 15.2. The van der Waals surface area contributed by atoms with Crippen molar-refractivity contribution >= 4 is 11.5 Å². The predicted molar refractivity (Wildman–Crippen MR) is 69.9 cm³/mol. The van der Waals surface area contributed by atoms with Crippen LogP contribution in [0.1, 0.15) is 24.0 Å². The standard InChI is InChI=1S/C13H16F3N3O/c14-13(15,16)11-7-9(3-4-10(11)12(17)18)19(5-6-20)8-1-2-8/h3-4,7-8,20H,1-2,5-6H2,(H3,17,18). The topological polar surface area (TPSA) is 73.3 Å². The molecule has 7 heteroatoms. The lowest BCUT2D eigenvalue weighted by atomic mass is 10.0. The molecule has 0 aromatic heterocycles. The average molecular weight is 287 g/mol. The summed E-state index contributed by atoms with van der Waals surface area (Å²) in [6.07, 6.45) is -2.74. The van der Waals surface area contributed by atoms with Crippen molar-refractivity contribution in [2.75, 3.05) is 18.1 Å². The van der Waals surface area contributed by atoms with Crippen LogP contribution in [-0.4, -0.2) is 30.1 Å². The molecule has 1 aromatic rings. The zero-order valence-electron chi connectivity index (χ0n) is 10.7. The van der Waals surface area contributed by atoms with E-state index in [1.165, 1.54) is 12.1 Å². The highest BCUT2D eigenvalue weighted by atomic mass is 19.4. The molecule has 0 spiro atoms. The first kappa shape index (κ1) is 14.6. The van der Waals surface area contributed by atoms with E-state index >= 15 is 0 Å². The Hall–Kier alpha value is -1.76. The van der Waals surface area contributed by atoms with Gasteiger partial charge in [-0.05, 0) is 31.0 Å². The van der Waals surface area contributed by atoms with Gasteiger partial charge in [0.05, 0.1) is 12.2 Å². The number of nitrogens with zero attached hydrogens (tertiary/aromatic N) is 1. The molecule has 0 heterocycles. The van der Waals surface area contributed by atoms with Gasteiger partial charge in [-0.15, -0.1) is 0 Å². The molecule has 110 valence electrons. The van der Waals surface area contributed by atoms with Crippen LogP contribution in [0.15, 0.2) is 18.2 Å². The fourth-order valence-electron chi connectivity index (χ4n) is 2.20. The molecule has 0 aliphatic heterocycles. The number of rotatable bonds is 5. The summed E-state index contributed by atoms with van der Waals surface area (Å²) in [7, 11) is 0. The van der Waals surface area contributed by atoms with Crippen molar-refractivity contribution in [3.8, 4) is 0 Å². The third-order valence-electron chi connectivity index (χ3n) is 3.26. The van der Waals surface area contributed by atoms with Crippen LogP contribution >= 0.6 is 0 Å². The predicted octanol–water partition coefficient (Wildman–Crippen LogP) is 1.95. The number of alkyl halides is 3. The highest BCUT2D eigenvalue weighted by Crippen LogP contribution is 2.37. The molecular formula is C13H16F3N3O. The molecule has 20 heavy (non-hydrogen) atoms. The molecule has 4 nitrogen and oxygen atoms in total. The molecular weight excluding hydrogens is 271 g/mol. The maximum Gasteiger partial charge on any atom is 0.417 e. The zero-order valence-corrected chi connectivity index (χ0v) is 10.7. The molecule has 0 amide bonds. The Kier molecular flexibility index (Phi) is 3.89. The molecule has 4 N–H and O–H groups in total. The second-order valence-electron chi connectivity index (χ2n) is 4.79. The molecule has 1 aliphatic carbocycles. The first-order valence-electron chi connectivity index (χ1n) is 6.27. The fourth-order valence-corrected chi connectivity index (χ4v) is 2.20. The Morgan fingerprint density at radius 2 is 2.05 bits per heavy atom. The van der Waals surface area contributed by atoms with E-state index in [0.29, 0.717) is 12.2 Å². The summed E-state index contributed by atoms with van der Waals surface area (Å²) in [6.45, 7) is 0.174. The quantitative estimate of drug-likeness (QED) is 0.572. The van der Waals surface area contributed by atoms with Gasteiger partial charge in [-0.25, -0.2) is 0 Å². The lowest BCUT2D eigenvalue weighted by molar-refractivity contribution is -0.137. The summed E-state index contributed by atoms with van der Waals surface area (Å²) < 4.78 is 39.1. The van der Waals surface area contributed by atoms with Crippen molar-refractivity contribution < 1.29 is 18.3 Å². The molecule has 1 fully saturated rings. The minimum absolute atomic E-state index is 0.119. The minimum atomic E-state index is -4.56. The second kappa shape index (κ2) is 5.32. The molecule has 1 aromatic carbocycles. The number of aliphatic hydroxyl groups excluding tert-OH is 1. The highest BCUT2D eigenvalue weighted by molar-refractivity contribution is 5.97. The van der Waals surface area contributed by atoms with Gasteiger partial charge in [-0.2, -0.15) is 13.2 Å². The van der Waals surface area contributed by atoms with Crippen molar-refractivity contribution in [3.05, 3.63) is 29.3 Å². The van der Waals surface area contributed by atoms with Gasteiger partial charge >= 0.3 is 6.18 Å². The molecule has 0 atom stereocenters. The number of halogens is 3. The van der Waals surface area contributed by atoms with E-state index in [9.17, 15) is 13.2 Å². The summed E-state index contributed by atoms with van der Waals surface area (Å²) in [5.74, 6) is -0.607. The number of hydrogen-bond donors (Lipinski definition) is 3. The van der Waals surface area contributed by atoms with E-state index in [1.807, 2.05) is 0 Å². The van der Waals surface area contributed by atoms with Crippen LogP contribution in [0.3, 0.4) is 0 Å². The number of nitrogen functional groups attached to an aromatic ring is 1. The van der Waals surface area contributed by atoms with E-state index in [-0.39, 0.29) is 18.2 Å². The molecule has 0 bridgehead atoms. The smallest absolute Gasteiger partial charge is 0.395 e. The first-order chi connectivity index (χ1) is 9.34. The van der Waals surface area contributed by atoms with Crippen molar-refractivity contribution in [2.45, 2.75) is 25.1 Å². The maximum atomic E-state index is 13.0. The van der Waals surface area contributed by atoms with Gasteiger partial charge in [-0.3, -0.25) is 5.41 Å². The van der Waals surface area contributed by atoms with Gasteiger partial charge in [0.2, 0.25) is 0 Å². The first-order valence-corrected chi connectivity index (χ1v) is 6.27. The number of anilines is 1. The molecule has 0 saturated heterocycles. The van der Waals surface area contributed by atoms with E-state index in [0.717, 1.165) is 18.9 Å². The van der Waals surface area contributed by atoms with E-state index in [4.69, 9.17) is 16.2 Å². The number of amidine groups is 1. The molecule has 0 unspecified atom stereocenters. The van der Waals surface area contributed by atoms with Gasteiger partial charge < -0.3 is 15.7 Å². The molecule has 0 radical (unpaired) electrons. The van der Waals surface area contributed by atoms with Crippen LogP contribution in [0.4, 0.5) is 18.9 Å².